The van der Waals surface area contributed by atoms with Crippen molar-refractivity contribution in [3.63, 3.8) is 0 Å². The van der Waals surface area contributed by atoms with Gasteiger partial charge in [0.15, 0.2) is 12.1 Å². The van der Waals surface area contributed by atoms with Crippen LogP contribution in [0.1, 0.15) is 145 Å². The van der Waals surface area contributed by atoms with Gasteiger partial charge in [0, 0.05) is 32.5 Å². The van der Waals surface area contributed by atoms with Crippen LogP contribution in [0, 0.1) is 34.0 Å². The van der Waals surface area contributed by atoms with Crippen LogP contribution in [-0.2, 0) is 28.5 Å². The minimum atomic E-state index is -0.877. The summed E-state index contributed by atoms with van der Waals surface area (Å²) in [5.41, 5.74) is 1.22. The number of rotatable bonds is 23. The van der Waals surface area contributed by atoms with E-state index in [0.29, 0.717) is 82.0 Å². The number of aliphatic hydroxyl groups is 3. The summed E-state index contributed by atoms with van der Waals surface area (Å²) in [4.78, 5) is 24.5. The first-order chi connectivity index (χ1) is 26.0. The van der Waals surface area contributed by atoms with Crippen LogP contribution in [0.3, 0.4) is 0 Å². The van der Waals surface area contributed by atoms with E-state index in [9.17, 15) is 24.9 Å². The summed E-state index contributed by atoms with van der Waals surface area (Å²) < 4.78 is 22.9. The molecule has 1 amide bonds. The number of allylic oxidation sites excluding steroid dienone is 1. The van der Waals surface area contributed by atoms with Crippen molar-refractivity contribution in [1.29, 1.82) is 0 Å². The summed E-state index contributed by atoms with van der Waals surface area (Å²) in [6, 6.07) is -0.316. The van der Waals surface area contributed by atoms with Crippen LogP contribution >= 0.6 is 0 Å². The van der Waals surface area contributed by atoms with Crippen LogP contribution in [0.5, 0.6) is 0 Å². The van der Waals surface area contributed by atoms with Crippen molar-refractivity contribution in [2.75, 3.05) is 33.5 Å². The summed E-state index contributed by atoms with van der Waals surface area (Å²) in [6.07, 6.45) is 11.7. The highest BCUT2D eigenvalue weighted by atomic mass is 16.6. The molecule has 0 aliphatic heterocycles. The number of hydrogen-bond donors (Lipinski definition) is 5. The molecule has 3 saturated carbocycles. The largest absolute Gasteiger partial charge is 0.391 e. The minimum absolute atomic E-state index is 0.00819. The molecular weight excluding hydrogens is 700 g/mol. The van der Waals surface area contributed by atoms with E-state index in [-0.39, 0.29) is 52.9 Å². The van der Waals surface area contributed by atoms with Gasteiger partial charge in [-0.2, -0.15) is 0 Å². The summed E-state index contributed by atoms with van der Waals surface area (Å²) in [6.45, 7) is 16.5. The Bertz CT molecular complexity index is 1240. The highest BCUT2D eigenvalue weighted by Crippen LogP contribution is 2.65. The summed E-state index contributed by atoms with van der Waals surface area (Å²) >= 11 is 0. The number of aliphatic hydroxyl groups excluding tert-OH is 3. The average molecular weight is 779 g/mol. The number of unbranched alkanes of at least 4 members (excludes halogenated alkanes) is 1. The molecule has 3 fully saturated rings. The minimum Gasteiger partial charge on any atom is -0.391 e. The van der Waals surface area contributed by atoms with Gasteiger partial charge < -0.3 is 39.6 Å². The third kappa shape index (κ3) is 12.8. The Morgan fingerprint density at radius 3 is 2.38 bits per heavy atom. The van der Waals surface area contributed by atoms with Crippen LogP contribution < -0.4 is 10.6 Å². The molecule has 11 nitrogen and oxygen atoms in total. The molecule has 0 heterocycles. The topological polar surface area (TPSA) is 156 Å². The number of fused-ring (bicyclic) bond motifs is 5. The number of carbonyl (C=O) groups excluding carboxylic acids is 2. The lowest BCUT2D eigenvalue weighted by Crippen LogP contribution is -2.51. The summed E-state index contributed by atoms with van der Waals surface area (Å²) in [5.74, 6) is 2.11. The molecule has 0 aromatic rings. The number of ketones is 1. The highest BCUT2D eigenvalue weighted by molar-refractivity contribution is 5.91. The second-order valence-electron chi connectivity index (χ2n) is 19.1. The SMILES string of the molecule is COCC(C)OCC(C)OCCC(=O)NCCCCC(NC(O)CCCC(O)OC1CCC2C3CCC4=CC(=O)CCC4(C)C3CCC12C)C(O)C(C)(C)C. The van der Waals surface area contributed by atoms with Gasteiger partial charge in [-0.05, 0) is 131 Å². The average Bonchev–Trinajstić information content (AvgIpc) is 3.45. The second kappa shape index (κ2) is 21.0. The van der Waals surface area contributed by atoms with Gasteiger partial charge in [-0.15, -0.1) is 0 Å². The van der Waals surface area contributed by atoms with Gasteiger partial charge in [-0.3, -0.25) is 14.9 Å². The van der Waals surface area contributed by atoms with Crippen molar-refractivity contribution in [2.45, 2.75) is 188 Å². The predicted octanol–water partition coefficient (Wildman–Crippen LogP) is 6.21. The molecule has 5 N–H and O–H groups in total. The van der Waals surface area contributed by atoms with Crippen molar-refractivity contribution in [2.24, 2.45) is 34.0 Å². The highest BCUT2D eigenvalue weighted by Gasteiger charge is 2.59. The normalized spacial score (nSPS) is 31.3. The third-order valence-corrected chi connectivity index (χ3v) is 13.8. The van der Waals surface area contributed by atoms with Crippen molar-refractivity contribution in [3.05, 3.63) is 11.6 Å². The van der Waals surface area contributed by atoms with Gasteiger partial charge in [-0.25, -0.2) is 0 Å². The molecule has 0 spiro atoms. The maximum absolute atomic E-state index is 12.3. The summed E-state index contributed by atoms with van der Waals surface area (Å²) in [7, 11) is 1.64. The molecule has 12 unspecified atom stereocenters. The van der Waals surface area contributed by atoms with Gasteiger partial charge in [-0.1, -0.05) is 46.6 Å². The fraction of sp³-hybridized carbons (Fsp3) is 0.909. The van der Waals surface area contributed by atoms with Gasteiger partial charge >= 0.3 is 0 Å². The zero-order chi connectivity index (χ0) is 40.4. The first-order valence-electron chi connectivity index (χ1n) is 21.7. The van der Waals surface area contributed by atoms with E-state index < -0.39 is 18.6 Å². The fourth-order valence-corrected chi connectivity index (χ4v) is 10.5. The monoisotopic (exact) mass is 779 g/mol. The fourth-order valence-electron chi connectivity index (χ4n) is 10.5. The zero-order valence-corrected chi connectivity index (χ0v) is 35.6. The van der Waals surface area contributed by atoms with Crippen LogP contribution in [-0.4, -0.2) is 103 Å². The number of carbonyl (C=O) groups is 2. The Kier molecular flexibility index (Phi) is 17.7. The Morgan fingerprint density at radius 1 is 0.909 bits per heavy atom. The number of nitrogens with one attached hydrogen (secondary N) is 2. The Morgan fingerprint density at radius 2 is 1.65 bits per heavy atom. The van der Waals surface area contributed by atoms with Crippen molar-refractivity contribution >= 4 is 11.7 Å². The molecule has 12 atom stereocenters. The molecular formula is C44H78N2O9. The van der Waals surface area contributed by atoms with Crippen molar-refractivity contribution < 1.29 is 43.9 Å². The van der Waals surface area contributed by atoms with Crippen molar-refractivity contribution in [3.8, 4) is 0 Å². The third-order valence-electron chi connectivity index (χ3n) is 13.8. The van der Waals surface area contributed by atoms with Gasteiger partial charge in [0.2, 0.25) is 5.91 Å². The standard InChI is InChI=1S/C44H78N2O9/c1-29(27-52-8)54-28-30(2)53-25-21-38(48)45-24-10-9-12-36(41(51)42(3,4)5)46-39(49)13-11-14-40(50)55-37-18-17-34-33-16-15-31-26-32(47)19-22-43(31,6)35(33)20-23-44(34,37)7/h26,29-30,33-37,39-41,46,49-51H,9-25,27-28H2,1-8H3,(H,45,48). The number of methoxy groups -OCH3 is 1. The van der Waals surface area contributed by atoms with E-state index in [1.165, 1.54) is 5.57 Å². The molecule has 0 saturated heterocycles. The number of ether oxygens (including phenoxy) is 4. The molecule has 0 radical (unpaired) electrons. The van der Waals surface area contributed by atoms with Crippen molar-refractivity contribution in [1.82, 2.24) is 10.6 Å². The molecule has 318 valence electrons. The summed E-state index contributed by atoms with van der Waals surface area (Å²) in [5, 5.41) is 39.4. The van der Waals surface area contributed by atoms with Crippen LogP contribution in [0.4, 0.5) is 0 Å². The molecule has 4 aliphatic rings. The lowest BCUT2D eigenvalue weighted by Gasteiger charge is -2.58. The van der Waals surface area contributed by atoms with Crippen LogP contribution in [0.15, 0.2) is 11.6 Å². The molecule has 0 bridgehead atoms. The van der Waals surface area contributed by atoms with Crippen LogP contribution in [0.25, 0.3) is 0 Å². The quantitative estimate of drug-likeness (QED) is 0.0598. The second-order valence-corrected chi connectivity index (χ2v) is 19.1. The smallest absolute Gasteiger partial charge is 0.222 e. The predicted molar refractivity (Wildman–Crippen MR) is 214 cm³/mol. The van der Waals surface area contributed by atoms with Gasteiger partial charge in [0.25, 0.3) is 0 Å². The first-order valence-corrected chi connectivity index (χ1v) is 21.7. The first kappa shape index (κ1) is 46.3. The number of amides is 1. The molecule has 4 rings (SSSR count). The van der Waals surface area contributed by atoms with E-state index in [1.54, 1.807) is 7.11 Å². The van der Waals surface area contributed by atoms with E-state index in [4.69, 9.17) is 18.9 Å². The Balaban J connectivity index is 1.14. The molecule has 0 aromatic carbocycles. The maximum atomic E-state index is 12.3. The Hall–Kier alpha value is -1.44. The Labute approximate surface area is 332 Å². The van der Waals surface area contributed by atoms with E-state index in [2.05, 4.69) is 24.5 Å². The van der Waals surface area contributed by atoms with E-state index >= 15 is 0 Å². The zero-order valence-electron chi connectivity index (χ0n) is 35.6. The van der Waals surface area contributed by atoms with Gasteiger partial charge in [0.1, 0.15) is 6.23 Å². The van der Waals surface area contributed by atoms with E-state index in [1.807, 2.05) is 40.7 Å². The number of hydrogen-bond acceptors (Lipinski definition) is 10. The van der Waals surface area contributed by atoms with E-state index in [0.717, 1.165) is 57.8 Å². The molecule has 55 heavy (non-hydrogen) atoms. The maximum Gasteiger partial charge on any atom is 0.222 e. The lowest BCUT2D eigenvalue weighted by atomic mass is 9.47. The molecule has 11 heteroatoms. The lowest BCUT2D eigenvalue weighted by molar-refractivity contribution is -0.183. The molecule has 0 aromatic heterocycles. The van der Waals surface area contributed by atoms with Crippen LogP contribution in [0.2, 0.25) is 0 Å². The van der Waals surface area contributed by atoms with Gasteiger partial charge in [0.05, 0.1) is 44.2 Å². The molecule has 4 aliphatic carbocycles.